The SMILES string of the molecule is Cc1ccc(-c2nnc(CSc3nnc(-c4ccc(Cl)cc4Cl)n3N)o2)cc1. The standard InChI is InChI=1S/C18H14Cl2N6OS/c1-10-2-4-11(5-3-10)17-24-22-15(27-17)9-28-18-25-23-16(26(18)21)13-7-6-12(19)8-14(13)20/h2-8H,9,21H2,1H3. The van der Waals surface area contributed by atoms with Gasteiger partial charge in [-0.15, -0.1) is 20.4 Å². The summed E-state index contributed by atoms with van der Waals surface area (Å²) in [4.78, 5) is 0. The van der Waals surface area contributed by atoms with Gasteiger partial charge in [0.2, 0.25) is 16.9 Å². The lowest BCUT2D eigenvalue weighted by Crippen LogP contribution is -2.11. The molecule has 0 saturated carbocycles. The molecule has 0 aliphatic carbocycles. The Hall–Kier alpha value is -2.55. The number of nitrogens with two attached hydrogens (primary N) is 1. The van der Waals surface area contributed by atoms with E-state index in [1.165, 1.54) is 16.4 Å². The maximum absolute atomic E-state index is 6.23. The molecule has 2 heterocycles. The number of thioether (sulfide) groups is 1. The first-order chi connectivity index (χ1) is 13.5. The maximum atomic E-state index is 6.23. The average Bonchev–Trinajstić information content (AvgIpc) is 3.28. The second-order valence-corrected chi connectivity index (χ2v) is 7.74. The lowest BCUT2D eigenvalue weighted by molar-refractivity contribution is 0.528. The summed E-state index contributed by atoms with van der Waals surface area (Å²) in [6, 6.07) is 13.0. The molecule has 0 spiro atoms. The molecule has 4 aromatic rings. The zero-order valence-corrected chi connectivity index (χ0v) is 17.0. The monoisotopic (exact) mass is 432 g/mol. The zero-order valence-electron chi connectivity index (χ0n) is 14.6. The minimum atomic E-state index is 0.405. The number of halogens is 2. The lowest BCUT2D eigenvalue weighted by Gasteiger charge is -2.05. The fourth-order valence-electron chi connectivity index (χ4n) is 2.48. The largest absolute Gasteiger partial charge is 0.420 e. The summed E-state index contributed by atoms with van der Waals surface area (Å²) in [5.74, 6) is 7.91. The molecule has 0 bridgehead atoms. The van der Waals surface area contributed by atoms with E-state index < -0.39 is 0 Å². The Kier molecular flexibility index (Phi) is 5.25. The van der Waals surface area contributed by atoms with Crippen LogP contribution in [0.15, 0.2) is 52.0 Å². The summed E-state index contributed by atoms with van der Waals surface area (Å²) in [6.07, 6.45) is 0. The summed E-state index contributed by atoms with van der Waals surface area (Å²) >= 11 is 13.5. The molecule has 2 aromatic carbocycles. The summed E-state index contributed by atoms with van der Waals surface area (Å²) in [5.41, 5.74) is 2.68. The summed E-state index contributed by atoms with van der Waals surface area (Å²) in [5, 5.41) is 17.9. The first-order valence-corrected chi connectivity index (χ1v) is 9.93. The van der Waals surface area contributed by atoms with Crippen LogP contribution in [0.1, 0.15) is 11.5 Å². The minimum Gasteiger partial charge on any atom is -0.420 e. The van der Waals surface area contributed by atoms with Gasteiger partial charge >= 0.3 is 0 Å². The quantitative estimate of drug-likeness (QED) is 0.363. The van der Waals surface area contributed by atoms with Crippen molar-refractivity contribution in [3.63, 3.8) is 0 Å². The molecule has 2 aromatic heterocycles. The number of hydrogen-bond acceptors (Lipinski definition) is 7. The summed E-state index contributed by atoms with van der Waals surface area (Å²) in [6.45, 7) is 2.02. The van der Waals surface area contributed by atoms with Crippen molar-refractivity contribution in [1.82, 2.24) is 25.1 Å². The van der Waals surface area contributed by atoms with Crippen molar-refractivity contribution in [2.45, 2.75) is 17.8 Å². The zero-order chi connectivity index (χ0) is 19.7. The Morgan fingerprint density at radius 1 is 1.04 bits per heavy atom. The molecular weight excluding hydrogens is 419 g/mol. The van der Waals surface area contributed by atoms with Gasteiger partial charge in [0.15, 0.2) is 5.82 Å². The molecule has 28 heavy (non-hydrogen) atoms. The Bertz CT molecular complexity index is 1130. The highest BCUT2D eigenvalue weighted by Gasteiger charge is 2.16. The van der Waals surface area contributed by atoms with Crippen molar-refractivity contribution in [3.05, 3.63) is 64.0 Å². The van der Waals surface area contributed by atoms with Crippen LogP contribution in [-0.2, 0) is 5.75 Å². The maximum Gasteiger partial charge on any atom is 0.247 e. The van der Waals surface area contributed by atoms with Crippen LogP contribution in [0.25, 0.3) is 22.8 Å². The van der Waals surface area contributed by atoms with Gasteiger partial charge in [-0.3, -0.25) is 0 Å². The van der Waals surface area contributed by atoms with E-state index in [0.717, 1.165) is 11.1 Å². The molecule has 0 saturated heterocycles. The second-order valence-electron chi connectivity index (χ2n) is 5.96. The number of aromatic nitrogens is 5. The van der Waals surface area contributed by atoms with Gasteiger partial charge in [0.05, 0.1) is 10.8 Å². The van der Waals surface area contributed by atoms with Gasteiger partial charge in [0.1, 0.15) is 0 Å². The molecule has 0 unspecified atom stereocenters. The van der Waals surface area contributed by atoms with Gasteiger partial charge in [-0.05, 0) is 37.3 Å². The average molecular weight is 433 g/mol. The summed E-state index contributed by atoms with van der Waals surface area (Å²) in [7, 11) is 0. The van der Waals surface area contributed by atoms with Crippen LogP contribution in [0.3, 0.4) is 0 Å². The van der Waals surface area contributed by atoms with Gasteiger partial charge in [0, 0.05) is 16.1 Å². The number of rotatable bonds is 5. The van der Waals surface area contributed by atoms with E-state index >= 15 is 0 Å². The fraction of sp³-hybridized carbons (Fsp3) is 0.111. The van der Waals surface area contributed by atoms with Gasteiger partial charge in [0.25, 0.3) is 0 Å². The van der Waals surface area contributed by atoms with Crippen molar-refractivity contribution in [2.24, 2.45) is 0 Å². The van der Waals surface area contributed by atoms with Gasteiger partial charge in [-0.25, -0.2) is 4.68 Å². The highest BCUT2D eigenvalue weighted by Crippen LogP contribution is 2.31. The molecule has 0 fully saturated rings. The van der Waals surface area contributed by atoms with E-state index in [2.05, 4.69) is 20.4 Å². The van der Waals surface area contributed by atoms with Crippen LogP contribution >= 0.6 is 35.0 Å². The normalized spacial score (nSPS) is 11.1. The summed E-state index contributed by atoms with van der Waals surface area (Å²) < 4.78 is 7.09. The van der Waals surface area contributed by atoms with Crippen LogP contribution in [0.2, 0.25) is 10.0 Å². The topological polar surface area (TPSA) is 95.7 Å². The van der Waals surface area contributed by atoms with E-state index in [0.29, 0.717) is 44.1 Å². The van der Waals surface area contributed by atoms with Crippen molar-refractivity contribution in [1.29, 1.82) is 0 Å². The molecule has 0 aliphatic rings. The van der Waals surface area contributed by atoms with E-state index in [-0.39, 0.29) is 0 Å². The minimum absolute atomic E-state index is 0.405. The molecule has 7 nitrogen and oxygen atoms in total. The first kappa shape index (κ1) is 18.8. The Morgan fingerprint density at radius 2 is 1.82 bits per heavy atom. The van der Waals surface area contributed by atoms with Crippen LogP contribution in [0, 0.1) is 6.92 Å². The van der Waals surface area contributed by atoms with E-state index in [1.54, 1.807) is 18.2 Å². The Labute approximate surface area is 174 Å². The number of nitrogens with zero attached hydrogens (tertiary/aromatic N) is 5. The lowest BCUT2D eigenvalue weighted by atomic mass is 10.1. The number of hydrogen-bond donors (Lipinski definition) is 1. The molecule has 0 aliphatic heterocycles. The van der Waals surface area contributed by atoms with Gasteiger partial charge < -0.3 is 10.3 Å². The van der Waals surface area contributed by atoms with Crippen molar-refractivity contribution >= 4 is 35.0 Å². The number of aryl methyl sites for hydroxylation is 1. The molecule has 2 N–H and O–H groups in total. The molecule has 4 rings (SSSR count). The molecule has 0 amide bonds. The predicted molar refractivity (Wildman–Crippen MR) is 110 cm³/mol. The Balaban J connectivity index is 1.49. The third kappa shape index (κ3) is 3.84. The third-order valence-corrected chi connectivity index (χ3v) is 5.40. The van der Waals surface area contributed by atoms with Crippen molar-refractivity contribution in [3.8, 4) is 22.8 Å². The predicted octanol–water partition coefficient (Wildman–Crippen LogP) is 4.62. The Morgan fingerprint density at radius 3 is 2.57 bits per heavy atom. The van der Waals surface area contributed by atoms with Gasteiger partial charge in [-0.2, -0.15) is 0 Å². The van der Waals surface area contributed by atoms with Crippen molar-refractivity contribution < 1.29 is 4.42 Å². The smallest absolute Gasteiger partial charge is 0.247 e. The highest BCUT2D eigenvalue weighted by atomic mass is 35.5. The van der Waals surface area contributed by atoms with Crippen LogP contribution in [0.5, 0.6) is 0 Å². The molecular formula is C18H14Cl2N6OS. The van der Waals surface area contributed by atoms with Crippen LogP contribution in [-0.4, -0.2) is 25.1 Å². The van der Waals surface area contributed by atoms with Gasteiger partial charge in [-0.1, -0.05) is 52.7 Å². The molecule has 142 valence electrons. The van der Waals surface area contributed by atoms with E-state index in [4.69, 9.17) is 33.5 Å². The van der Waals surface area contributed by atoms with E-state index in [1.807, 2.05) is 31.2 Å². The van der Waals surface area contributed by atoms with E-state index in [9.17, 15) is 0 Å². The third-order valence-electron chi connectivity index (χ3n) is 3.93. The molecule has 10 heteroatoms. The number of nitrogen functional groups attached to an aromatic ring is 1. The highest BCUT2D eigenvalue weighted by molar-refractivity contribution is 7.98. The first-order valence-electron chi connectivity index (χ1n) is 8.19. The van der Waals surface area contributed by atoms with Crippen LogP contribution < -0.4 is 5.84 Å². The second kappa shape index (κ2) is 7.83. The fourth-order valence-corrected chi connectivity index (χ4v) is 3.67. The number of benzene rings is 2. The van der Waals surface area contributed by atoms with Crippen LogP contribution in [0.4, 0.5) is 0 Å². The molecule has 0 atom stereocenters. The molecule has 0 radical (unpaired) electrons. The van der Waals surface area contributed by atoms with Crippen molar-refractivity contribution in [2.75, 3.05) is 5.84 Å².